The number of fused-ring (bicyclic) bond motifs is 1. The van der Waals surface area contributed by atoms with Gasteiger partial charge in [0.2, 0.25) is 0 Å². The number of aryl methyl sites for hydroxylation is 1. The predicted molar refractivity (Wildman–Crippen MR) is 63.8 cm³/mol. The first-order chi connectivity index (χ1) is 7.63. The Morgan fingerprint density at radius 1 is 1.19 bits per heavy atom. The molecule has 1 unspecified atom stereocenters. The lowest BCUT2D eigenvalue weighted by Gasteiger charge is -2.02. The van der Waals surface area contributed by atoms with Crippen molar-refractivity contribution in [2.45, 2.75) is 20.0 Å². The van der Waals surface area contributed by atoms with Gasteiger partial charge in [0.25, 0.3) is 0 Å². The van der Waals surface area contributed by atoms with Crippen LogP contribution in [0.1, 0.15) is 34.5 Å². The molecule has 0 aromatic heterocycles. The molecule has 0 saturated carbocycles. The Labute approximate surface area is 94.9 Å². The molecule has 16 heavy (non-hydrogen) atoms. The predicted octanol–water partition coefficient (Wildman–Crippen LogP) is 2.97. The highest BCUT2D eigenvalue weighted by Gasteiger charge is 2.12. The van der Waals surface area contributed by atoms with Gasteiger partial charge < -0.3 is 5.11 Å². The van der Waals surface area contributed by atoms with Gasteiger partial charge in [0, 0.05) is 5.56 Å². The summed E-state index contributed by atoms with van der Waals surface area (Å²) >= 11 is 0. The number of aldehydes is 1. The summed E-state index contributed by atoms with van der Waals surface area (Å²) in [6, 6.07) is 9.51. The zero-order valence-corrected chi connectivity index (χ0v) is 9.40. The van der Waals surface area contributed by atoms with Gasteiger partial charge in [-0.05, 0) is 42.2 Å². The van der Waals surface area contributed by atoms with Crippen molar-refractivity contribution in [1.29, 1.82) is 0 Å². The topological polar surface area (TPSA) is 37.3 Å². The van der Waals surface area contributed by atoms with Gasteiger partial charge in [-0.1, -0.05) is 24.3 Å². The van der Waals surface area contributed by atoms with Crippen LogP contribution in [0, 0.1) is 6.92 Å². The number of hydrogen-bond acceptors (Lipinski definition) is 2. The highest BCUT2D eigenvalue weighted by atomic mass is 16.3. The molecule has 0 spiro atoms. The van der Waals surface area contributed by atoms with Crippen LogP contribution in [0.2, 0.25) is 0 Å². The minimum absolute atomic E-state index is 0.524. The van der Waals surface area contributed by atoms with E-state index in [1.807, 2.05) is 37.3 Å². The molecule has 0 amide bonds. The van der Waals surface area contributed by atoms with Crippen LogP contribution in [-0.4, -0.2) is 11.4 Å². The van der Waals surface area contributed by atoms with Crippen LogP contribution in [0.15, 0.2) is 30.3 Å². The van der Waals surface area contributed by atoms with Gasteiger partial charge in [-0.25, -0.2) is 0 Å². The Balaban J connectivity index is 2.73. The van der Waals surface area contributed by atoms with Crippen LogP contribution in [-0.2, 0) is 0 Å². The van der Waals surface area contributed by atoms with Crippen molar-refractivity contribution in [1.82, 2.24) is 0 Å². The van der Waals surface area contributed by atoms with Crippen LogP contribution in [0.3, 0.4) is 0 Å². The van der Waals surface area contributed by atoms with Gasteiger partial charge in [-0.15, -0.1) is 0 Å². The smallest absolute Gasteiger partial charge is 0.150 e. The zero-order chi connectivity index (χ0) is 11.7. The van der Waals surface area contributed by atoms with Gasteiger partial charge in [0.05, 0.1) is 6.10 Å². The molecule has 2 aliphatic carbocycles. The van der Waals surface area contributed by atoms with Gasteiger partial charge in [0.1, 0.15) is 0 Å². The van der Waals surface area contributed by atoms with Crippen LogP contribution in [0.4, 0.5) is 0 Å². The number of carbonyl (C=O) groups is 1. The Bertz CT molecular complexity index is 501. The van der Waals surface area contributed by atoms with E-state index in [0.717, 1.165) is 28.5 Å². The van der Waals surface area contributed by atoms with E-state index >= 15 is 0 Å². The third-order valence-electron chi connectivity index (χ3n) is 2.90. The summed E-state index contributed by atoms with van der Waals surface area (Å²) in [7, 11) is 0. The molecule has 0 fully saturated rings. The number of aliphatic hydroxyl groups is 1. The summed E-state index contributed by atoms with van der Waals surface area (Å²) in [4.78, 5) is 10.9. The molecule has 0 saturated heterocycles. The van der Waals surface area contributed by atoms with Crippen molar-refractivity contribution in [3.63, 3.8) is 0 Å². The van der Waals surface area contributed by atoms with Crippen LogP contribution in [0.5, 0.6) is 0 Å². The van der Waals surface area contributed by atoms with E-state index in [9.17, 15) is 9.90 Å². The largest absolute Gasteiger partial charge is 0.389 e. The lowest BCUT2D eigenvalue weighted by atomic mass is 10.1. The highest BCUT2D eigenvalue weighted by molar-refractivity contribution is 5.90. The van der Waals surface area contributed by atoms with Crippen molar-refractivity contribution in [3.8, 4) is 11.1 Å². The minimum atomic E-state index is -0.524. The fraction of sp³-hybridized carbons (Fsp3) is 0.214. The van der Waals surface area contributed by atoms with Crippen LogP contribution < -0.4 is 0 Å². The average molecular weight is 214 g/mol. The fourth-order valence-corrected chi connectivity index (χ4v) is 1.90. The zero-order valence-electron chi connectivity index (χ0n) is 9.40. The van der Waals surface area contributed by atoms with Crippen LogP contribution >= 0.6 is 0 Å². The summed E-state index contributed by atoms with van der Waals surface area (Å²) in [5.41, 5.74) is 4.58. The van der Waals surface area contributed by atoms with Crippen molar-refractivity contribution >= 4 is 6.29 Å². The van der Waals surface area contributed by atoms with Crippen molar-refractivity contribution in [2.75, 3.05) is 0 Å². The highest BCUT2D eigenvalue weighted by Crippen LogP contribution is 2.31. The molecule has 1 atom stereocenters. The molecule has 0 aromatic rings. The number of hydrogen-bond donors (Lipinski definition) is 1. The first-order valence-electron chi connectivity index (χ1n) is 5.30. The number of rotatable bonds is 2. The van der Waals surface area contributed by atoms with E-state index in [1.54, 1.807) is 6.92 Å². The molecule has 2 nitrogen and oxygen atoms in total. The maximum atomic E-state index is 10.9. The standard InChI is InChI=1S/C14H14O2/c1-9-3-4-11(10(2)16)7-14-12(8-15)5-6-13(9)14/h3-8,10,16H,1-2H3. The van der Waals surface area contributed by atoms with Gasteiger partial charge in [-0.2, -0.15) is 0 Å². The summed E-state index contributed by atoms with van der Waals surface area (Å²) < 4.78 is 0. The Hall–Kier alpha value is -1.67. The van der Waals surface area contributed by atoms with E-state index in [0.29, 0.717) is 5.56 Å². The molecular formula is C14H14O2. The second-order valence-corrected chi connectivity index (χ2v) is 4.07. The number of carbonyl (C=O) groups excluding carboxylic acids is 1. The summed E-state index contributed by atoms with van der Waals surface area (Å²) in [5.74, 6) is 0. The van der Waals surface area contributed by atoms with Crippen molar-refractivity contribution in [2.24, 2.45) is 0 Å². The Kier molecular flexibility index (Phi) is 2.75. The Morgan fingerprint density at radius 2 is 1.94 bits per heavy atom. The maximum absolute atomic E-state index is 10.9. The molecule has 0 bridgehead atoms. The first-order valence-corrected chi connectivity index (χ1v) is 5.30. The third kappa shape index (κ3) is 1.72. The van der Waals surface area contributed by atoms with Gasteiger partial charge in [0.15, 0.2) is 6.29 Å². The summed E-state index contributed by atoms with van der Waals surface area (Å²) in [6.45, 7) is 3.72. The molecule has 1 N–H and O–H groups in total. The molecule has 0 heterocycles. The summed E-state index contributed by atoms with van der Waals surface area (Å²) in [6.07, 6.45) is 0.331. The minimum Gasteiger partial charge on any atom is -0.389 e. The number of aliphatic hydroxyl groups excluding tert-OH is 1. The molecule has 2 heteroatoms. The molecule has 0 aliphatic heterocycles. The van der Waals surface area contributed by atoms with E-state index in [4.69, 9.17) is 0 Å². The van der Waals surface area contributed by atoms with Crippen molar-refractivity contribution < 1.29 is 9.90 Å². The molecule has 2 rings (SSSR count). The second-order valence-electron chi connectivity index (χ2n) is 4.07. The molecule has 2 aliphatic rings. The lowest BCUT2D eigenvalue weighted by Crippen LogP contribution is -1.88. The van der Waals surface area contributed by atoms with E-state index < -0.39 is 6.10 Å². The summed E-state index contributed by atoms with van der Waals surface area (Å²) in [5, 5.41) is 9.60. The van der Waals surface area contributed by atoms with Gasteiger partial charge >= 0.3 is 0 Å². The van der Waals surface area contributed by atoms with E-state index in [-0.39, 0.29) is 0 Å². The lowest BCUT2D eigenvalue weighted by molar-refractivity contribution is 0.112. The molecule has 0 aromatic carbocycles. The monoisotopic (exact) mass is 214 g/mol. The van der Waals surface area contributed by atoms with E-state index in [1.165, 1.54) is 0 Å². The Morgan fingerprint density at radius 3 is 2.56 bits per heavy atom. The molecule has 82 valence electrons. The van der Waals surface area contributed by atoms with Crippen LogP contribution in [0.25, 0.3) is 11.1 Å². The molecular weight excluding hydrogens is 200 g/mol. The SMILES string of the molecule is Cc1ccc(C(C)O)cc2c(C=O)ccc1-2. The second kappa shape index (κ2) is 4.06. The third-order valence-corrected chi connectivity index (χ3v) is 2.90. The maximum Gasteiger partial charge on any atom is 0.150 e. The normalized spacial score (nSPS) is 12.7. The fourth-order valence-electron chi connectivity index (χ4n) is 1.90. The van der Waals surface area contributed by atoms with Gasteiger partial charge in [-0.3, -0.25) is 4.79 Å². The quantitative estimate of drug-likeness (QED) is 0.780. The van der Waals surface area contributed by atoms with Crippen molar-refractivity contribution in [3.05, 3.63) is 47.0 Å². The first kappa shape index (κ1) is 10.8. The van der Waals surface area contributed by atoms with E-state index in [2.05, 4.69) is 0 Å². The molecule has 0 radical (unpaired) electrons. The average Bonchev–Trinajstić information content (AvgIpc) is 2.58.